The Morgan fingerprint density at radius 1 is 0.952 bits per heavy atom. The molecule has 0 fully saturated rings. The van der Waals surface area contributed by atoms with Gasteiger partial charge < -0.3 is 15.1 Å². The molecule has 0 amide bonds. The van der Waals surface area contributed by atoms with Crippen LogP contribution in [0.15, 0.2) is 24.3 Å². The molecule has 1 N–H and O–H groups in total. The maximum atomic E-state index is 3.79. The van der Waals surface area contributed by atoms with Gasteiger partial charge in [-0.3, -0.25) is 0 Å². The summed E-state index contributed by atoms with van der Waals surface area (Å²) in [6, 6.07) is 9.76. The first kappa shape index (κ1) is 18.0. The second-order valence-electron chi connectivity index (χ2n) is 6.96. The third-order valence-corrected chi connectivity index (χ3v) is 3.74. The molecule has 1 aromatic carbocycles. The third-order valence-electron chi connectivity index (χ3n) is 3.74. The van der Waals surface area contributed by atoms with Crippen LogP contribution in [0.4, 0.5) is 5.69 Å². The number of nitrogens with zero attached hydrogens (tertiary/aromatic N) is 2. The Labute approximate surface area is 131 Å². The molecule has 0 aliphatic heterocycles. The van der Waals surface area contributed by atoms with Gasteiger partial charge in [0, 0.05) is 38.4 Å². The molecule has 0 heterocycles. The molecule has 0 aliphatic carbocycles. The normalized spacial score (nSPS) is 14.5. The molecule has 1 rings (SSSR count). The number of anilines is 1. The summed E-state index contributed by atoms with van der Waals surface area (Å²) in [7, 11) is 8.44. The molecule has 3 nitrogen and oxygen atoms in total. The maximum absolute atomic E-state index is 3.79. The Kier molecular flexibility index (Phi) is 7.20. The van der Waals surface area contributed by atoms with Gasteiger partial charge in [-0.05, 0) is 51.1 Å². The first-order chi connectivity index (χ1) is 9.79. The van der Waals surface area contributed by atoms with Gasteiger partial charge in [-0.25, -0.2) is 0 Å². The molecule has 3 heteroatoms. The standard InChI is InChI=1S/C18H33N3/c1-14(2)12-17(13-20(4)5)19-15(3)16-8-10-18(11-9-16)21(6)7/h8-11,14-15,17,19H,12-13H2,1-7H3. The van der Waals surface area contributed by atoms with E-state index in [1.165, 1.54) is 17.7 Å². The summed E-state index contributed by atoms with van der Waals surface area (Å²) in [5, 5.41) is 3.79. The van der Waals surface area contributed by atoms with E-state index in [2.05, 4.69) is 88.3 Å². The van der Waals surface area contributed by atoms with E-state index in [4.69, 9.17) is 0 Å². The Hall–Kier alpha value is -1.06. The van der Waals surface area contributed by atoms with Crippen molar-refractivity contribution in [2.45, 2.75) is 39.3 Å². The average Bonchev–Trinajstić information content (AvgIpc) is 2.37. The van der Waals surface area contributed by atoms with Crippen molar-refractivity contribution in [3.8, 4) is 0 Å². The molecule has 0 radical (unpaired) electrons. The minimum Gasteiger partial charge on any atom is -0.378 e. The van der Waals surface area contributed by atoms with Gasteiger partial charge in [0.25, 0.3) is 0 Å². The van der Waals surface area contributed by atoms with Crippen LogP contribution in [0.5, 0.6) is 0 Å². The Morgan fingerprint density at radius 2 is 1.52 bits per heavy atom. The highest BCUT2D eigenvalue weighted by Gasteiger charge is 2.15. The van der Waals surface area contributed by atoms with Crippen molar-refractivity contribution in [2.75, 3.05) is 39.6 Å². The zero-order valence-corrected chi connectivity index (χ0v) is 14.9. The molecule has 0 aromatic heterocycles. The van der Waals surface area contributed by atoms with Crippen LogP contribution in [0.1, 0.15) is 38.8 Å². The number of hydrogen-bond donors (Lipinski definition) is 1. The van der Waals surface area contributed by atoms with Gasteiger partial charge in [0.1, 0.15) is 0 Å². The Bertz CT molecular complexity index is 385. The first-order valence-electron chi connectivity index (χ1n) is 7.97. The van der Waals surface area contributed by atoms with Gasteiger partial charge in [0.2, 0.25) is 0 Å². The smallest absolute Gasteiger partial charge is 0.0361 e. The quantitative estimate of drug-likeness (QED) is 0.792. The Balaban J connectivity index is 2.69. The molecule has 0 aliphatic rings. The maximum Gasteiger partial charge on any atom is 0.0361 e. The first-order valence-corrected chi connectivity index (χ1v) is 7.97. The topological polar surface area (TPSA) is 18.5 Å². The molecule has 120 valence electrons. The zero-order chi connectivity index (χ0) is 16.0. The molecule has 0 saturated heterocycles. The SMILES string of the molecule is CC(C)CC(CN(C)C)NC(C)c1ccc(N(C)C)cc1. The fourth-order valence-corrected chi connectivity index (χ4v) is 2.72. The van der Waals surface area contributed by atoms with Crippen LogP contribution in [0.2, 0.25) is 0 Å². The van der Waals surface area contributed by atoms with Gasteiger partial charge in [0.15, 0.2) is 0 Å². The van der Waals surface area contributed by atoms with E-state index in [0.717, 1.165) is 6.54 Å². The largest absolute Gasteiger partial charge is 0.378 e. The van der Waals surface area contributed by atoms with Crippen LogP contribution in [0.3, 0.4) is 0 Å². The summed E-state index contributed by atoms with van der Waals surface area (Å²) >= 11 is 0. The van der Waals surface area contributed by atoms with E-state index in [1.54, 1.807) is 0 Å². The lowest BCUT2D eigenvalue weighted by atomic mass is 10.0. The van der Waals surface area contributed by atoms with Crippen molar-refractivity contribution in [2.24, 2.45) is 5.92 Å². The second-order valence-corrected chi connectivity index (χ2v) is 6.96. The van der Waals surface area contributed by atoms with Gasteiger partial charge >= 0.3 is 0 Å². The van der Waals surface area contributed by atoms with Crippen LogP contribution in [0.25, 0.3) is 0 Å². The van der Waals surface area contributed by atoms with Crippen molar-refractivity contribution in [3.05, 3.63) is 29.8 Å². The average molecular weight is 291 g/mol. The minimum atomic E-state index is 0.380. The van der Waals surface area contributed by atoms with Gasteiger partial charge in [-0.2, -0.15) is 0 Å². The highest BCUT2D eigenvalue weighted by Crippen LogP contribution is 2.19. The van der Waals surface area contributed by atoms with Gasteiger partial charge in [-0.1, -0.05) is 26.0 Å². The summed E-state index contributed by atoms with van der Waals surface area (Å²) in [4.78, 5) is 4.40. The van der Waals surface area contributed by atoms with E-state index in [0.29, 0.717) is 18.0 Å². The fourth-order valence-electron chi connectivity index (χ4n) is 2.72. The van der Waals surface area contributed by atoms with E-state index >= 15 is 0 Å². The van der Waals surface area contributed by atoms with Crippen LogP contribution in [0, 0.1) is 5.92 Å². The van der Waals surface area contributed by atoms with Crippen LogP contribution in [-0.4, -0.2) is 45.7 Å². The van der Waals surface area contributed by atoms with Gasteiger partial charge in [0.05, 0.1) is 0 Å². The van der Waals surface area contributed by atoms with Crippen molar-refractivity contribution >= 4 is 5.69 Å². The Morgan fingerprint density at radius 3 is 1.95 bits per heavy atom. The van der Waals surface area contributed by atoms with E-state index in [9.17, 15) is 0 Å². The number of likely N-dealkylation sites (N-methyl/N-ethyl adjacent to an activating group) is 1. The highest BCUT2D eigenvalue weighted by molar-refractivity contribution is 5.46. The molecule has 2 atom stereocenters. The van der Waals surface area contributed by atoms with E-state index in [-0.39, 0.29) is 0 Å². The molecule has 1 aromatic rings. The lowest BCUT2D eigenvalue weighted by Gasteiger charge is -2.28. The predicted octanol–water partition coefficient (Wildman–Crippen LogP) is 3.38. The molecule has 2 unspecified atom stereocenters. The summed E-state index contributed by atoms with van der Waals surface area (Å²) in [5.41, 5.74) is 2.60. The van der Waals surface area contributed by atoms with Crippen LogP contribution in [-0.2, 0) is 0 Å². The van der Waals surface area contributed by atoms with Gasteiger partial charge in [-0.15, -0.1) is 0 Å². The summed E-state index contributed by atoms with van der Waals surface area (Å²) in [6.45, 7) is 7.92. The molecular weight excluding hydrogens is 258 g/mol. The second kappa shape index (κ2) is 8.40. The number of nitrogens with one attached hydrogen (secondary N) is 1. The molecule has 0 bridgehead atoms. The van der Waals surface area contributed by atoms with Crippen molar-refractivity contribution in [3.63, 3.8) is 0 Å². The van der Waals surface area contributed by atoms with E-state index in [1.807, 2.05) is 0 Å². The predicted molar refractivity (Wildman–Crippen MR) is 94.1 cm³/mol. The summed E-state index contributed by atoms with van der Waals surface area (Å²) < 4.78 is 0. The molecule has 21 heavy (non-hydrogen) atoms. The molecule has 0 saturated carbocycles. The molecule has 0 spiro atoms. The van der Waals surface area contributed by atoms with Crippen molar-refractivity contribution < 1.29 is 0 Å². The molecular formula is C18H33N3. The third kappa shape index (κ3) is 6.49. The van der Waals surface area contributed by atoms with Crippen LogP contribution >= 0.6 is 0 Å². The van der Waals surface area contributed by atoms with Crippen molar-refractivity contribution in [1.29, 1.82) is 0 Å². The van der Waals surface area contributed by atoms with Crippen LogP contribution < -0.4 is 10.2 Å². The fraction of sp³-hybridized carbons (Fsp3) is 0.667. The monoisotopic (exact) mass is 291 g/mol. The zero-order valence-electron chi connectivity index (χ0n) is 14.9. The lowest BCUT2D eigenvalue weighted by molar-refractivity contribution is 0.291. The summed E-state index contributed by atoms with van der Waals surface area (Å²) in [5.74, 6) is 0.714. The summed E-state index contributed by atoms with van der Waals surface area (Å²) in [6.07, 6.45) is 1.21. The number of hydrogen-bond acceptors (Lipinski definition) is 3. The lowest BCUT2D eigenvalue weighted by Crippen LogP contribution is -2.40. The van der Waals surface area contributed by atoms with Crippen molar-refractivity contribution in [1.82, 2.24) is 10.2 Å². The number of benzene rings is 1. The minimum absolute atomic E-state index is 0.380. The highest BCUT2D eigenvalue weighted by atomic mass is 15.1. The number of rotatable bonds is 8. The van der Waals surface area contributed by atoms with E-state index < -0.39 is 0 Å².